The van der Waals surface area contributed by atoms with Crippen molar-refractivity contribution in [1.29, 1.82) is 5.26 Å². The monoisotopic (exact) mass is 248 g/mol. The summed E-state index contributed by atoms with van der Waals surface area (Å²) in [4.78, 5) is 14.0. The molecule has 0 heterocycles. The summed E-state index contributed by atoms with van der Waals surface area (Å²) in [5.74, 6) is -0.0229. The molecule has 1 aliphatic carbocycles. The Bertz CT molecular complexity index is 463. The number of rotatable bonds is 4. The predicted octanol–water partition coefficient (Wildman–Crippen LogP) is 2.86. The van der Waals surface area contributed by atoms with Gasteiger partial charge in [-0.3, -0.25) is 4.79 Å². The van der Waals surface area contributed by atoms with Crippen molar-refractivity contribution in [3.8, 4) is 6.07 Å². The molecule has 0 radical (unpaired) electrons. The van der Waals surface area contributed by atoms with Gasteiger partial charge in [-0.05, 0) is 31.0 Å². The van der Waals surface area contributed by atoms with Crippen LogP contribution >= 0.6 is 11.6 Å². The van der Waals surface area contributed by atoms with Gasteiger partial charge in [0.2, 0.25) is 0 Å². The zero-order valence-electron chi connectivity index (χ0n) is 9.40. The summed E-state index contributed by atoms with van der Waals surface area (Å²) >= 11 is 5.87. The number of halogens is 1. The van der Waals surface area contributed by atoms with E-state index in [-0.39, 0.29) is 5.91 Å². The van der Waals surface area contributed by atoms with Gasteiger partial charge in [-0.2, -0.15) is 5.26 Å². The van der Waals surface area contributed by atoms with Crippen LogP contribution in [0.2, 0.25) is 5.02 Å². The zero-order valence-corrected chi connectivity index (χ0v) is 10.2. The Morgan fingerprint density at radius 2 is 2.29 bits per heavy atom. The molecule has 17 heavy (non-hydrogen) atoms. The molecule has 1 aromatic carbocycles. The molecule has 1 amide bonds. The molecule has 4 heteroatoms. The third kappa shape index (κ3) is 2.98. The van der Waals surface area contributed by atoms with Crippen LogP contribution in [0.4, 0.5) is 0 Å². The molecule has 88 valence electrons. The largest absolute Gasteiger partial charge is 0.335 e. The van der Waals surface area contributed by atoms with Gasteiger partial charge in [-0.15, -0.1) is 0 Å². The average molecular weight is 249 g/mol. The van der Waals surface area contributed by atoms with Gasteiger partial charge in [-0.25, -0.2) is 0 Å². The number of hydrogen-bond donors (Lipinski definition) is 0. The van der Waals surface area contributed by atoms with E-state index < -0.39 is 0 Å². The van der Waals surface area contributed by atoms with Crippen molar-refractivity contribution in [3.63, 3.8) is 0 Å². The maximum absolute atomic E-state index is 12.2. The van der Waals surface area contributed by atoms with E-state index in [9.17, 15) is 4.79 Å². The summed E-state index contributed by atoms with van der Waals surface area (Å²) in [7, 11) is 0. The fourth-order valence-electron chi connectivity index (χ4n) is 1.79. The molecule has 1 aliphatic rings. The average Bonchev–Trinajstić information content (AvgIpc) is 3.14. The lowest BCUT2D eigenvalue weighted by atomic mass is 10.2. The lowest BCUT2D eigenvalue weighted by molar-refractivity contribution is 0.0747. The van der Waals surface area contributed by atoms with E-state index in [2.05, 4.69) is 6.07 Å². The predicted molar refractivity (Wildman–Crippen MR) is 65.7 cm³/mol. The first-order chi connectivity index (χ1) is 8.22. The number of nitrogens with zero attached hydrogens (tertiary/aromatic N) is 2. The van der Waals surface area contributed by atoms with Gasteiger partial charge >= 0.3 is 0 Å². The van der Waals surface area contributed by atoms with E-state index in [1.165, 1.54) is 0 Å². The molecule has 2 rings (SSSR count). The first-order valence-electron chi connectivity index (χ1n) is 5.66. The minimum Gasteiger partial charge on any atom is -0.335 e. The van der Waals surface area contributed by atoms with Crippen LogP contribution in [-0.4, -0.2) is 23.4 Å². The van der Waals surface area contributed by atoms with E-state index in [0.29, 0.717) is 29.6 Å². The van der Waals surface area contributed by atoms with Crippen molar-refractivity contribution in [2.75, 3.05) is 6.54 Å². The minimum absolute atomic E-state index is 0.0229. The Morgan fingerprint density at radius 1 is 1.53 bits per heavy atom. The van der Waals surface area contributed by atoms with E-state index in [1.807, 2.05) is 0 Å². The molecule has 1 fully saturated rings. The van der Waals surface area contributed by atoms with Gasteiger partial charge in [-0.1, -0.05) is 17.7 Å². The van der Waals surface area contributed by atoms with Gasteiger partial charge in [0.1, 0.15) is 0 Å². The van der Waals surface area contributed by atoms with E-state index in [0.717, 1.165) is 12.8 Å². The smallest absolute Gasteiger partial charge is 0.254 e. The van der Waals surface area contributed by atoms with Crippen LogP contribution in [0.15, 0.2) is 24.3 Å². The van der Waals surface area contributed by atoms with Crippen molar-refractivity contribution in [3.05, 3.63) is 34.9 Å². The molecular formula is C13H13ClN2O. The van der Waals surface area contributed by atoms with Crippen molar-refractivity contribution in [2.45, 2.75) is 25.3 Å². The Balaban J connectivity index is 2.13. The first kappa shape index (κ1) is 11.9. The van der Waals surface area contributed by atoms with Crippen molar-refractivity contribution in [1.82, 2.24) is 4.90 Å². The molecule has 1 aromatic rings. The zero-order chi connectivity index (χ0) is 12.3. The molecule has 0 aromatic heterocycles. The van der Waals surface area contributed by atoms with Crippen molar-refractivity contribution in [2.24, 2.45) is 0 Å². The third-order valence-corrected chi connectivity index (χ3v) is 3.02. The second-order valence-corrected chi connectivity index (χ2v) is 4.58. The molecule has 1 saturated carbocycles. The van der Waals surface area contributed by atoms with Gasteiger partial charge in [0.15, 0.2) is 0 Å². The Hall–Kier alpha value is -1.53. The van der Waals surface area contributed by atoms with Gasteiger partial charge in [0.25, 0.3) is 5.91 Å². The number of carbonyl (C=O) groups excluding carboxylic acids is 1. The lowest BCUT2D eigenvalue weighted by Crippen LogP contribution is -2.33. The molecule has 3 nitrogen and oxygen atoms in total. The molecule has 0 N–H and O–H groups in total. The van der Waals surface area contributed by atoms with Crippen LogP contribution in [-0.2, 0) is 0 Å². The maximum atomic E-state index is 12.2. The number of nitriles is 1. The highest BCUT2D eigenvalue weighted by Crippen LogP contribution is 2.28. The lowest BCUT2D eigenvalue weighted by Gasteiger charge is -2.21. The topological polar surface area (TPSA) is 44.1 Å². The SMILES string of the molecule is N#CCCN(C(=O)c1cccc(Cl)c1)C1CC1. The van der Waals surface area contributed by atoms with Crippen molar-refractivity contribution < 1.29 is 4.79 Å². The normalized spacial score (nSPS) is 14.1. The summed E-state index contributed by atoms with van der Waals surface area (Å²) < 4.78 is 0. The summed E-state index contributed by atoms with van der Waals surface area (Å²) in [6.45, 7) is 0.506. The van der Waals surface area contributed by atoms with E-state index in [4.69, 9.17) is 16.9 Å². The summed E-state index contributed by atoms with van der Waals surface area (Å²) in [6.07, 6.45) is 2.46. The molecule has 0 unspecified atom stereocenters. The molecular weight excluding hydrogens is 236 g/mol. The van der Waals surface area contributed by atoms with Crippen LogP contribution in [0, 0.1) is 11.3 Å². The highest BCUT2D eigenvalue weighted by molar-refractivity contribution is 6.30. The van der Waals surface area contributed by atoms with Crippen LogP contribution in [0.1, 0.15) is 29.6 Å². The minimum atomic E-state index is -0.0229. The highest BCUT2D eigenvalue weighted by atomic mass is 35.5. The quantitative estimate of drug-likeness (QED) is 0.822. The Morgan fingerprint density at radius 3 is 2.88 bits per heavy atom. The van der Waals surface area contributed by atoms with Gasteiger partial charge in [0.05, 0.1) is 12.5 Å². The highest BCUT2D eigenvalue weighted by Gasteiger charge is 2.32. The fourth-order valence-corrected chi connectivity index (χ4v) is 1.98. The Kier molecular flexibility index (Phi) is 3.65. The molecule has 0 aliphatic heterocycles. The van der Waals surface area contributed by atoms with Crippen LogP contribution in [0.25, 0.3) is 0 Å². The van der Waals surface area contributed by atoms with Crippen LogP contribution in [0.3, 0.4) is 0 Å². The number of amides is 1. The second-order valence-electron chi connectivity index (χ2n) is 4.15. The summed E-state index contributed by atoms with van der Waals surface area (Å²) in [5.41, 5.74) is 0.599. The molecule has 0 atom stereocenters. The number of benzene rings is 1. The van der Waals surface area contributed by atoms with Crippen LogP contribution < -0.4 is 0 Å². The summed E-state index contributed by atoms with van der Waals surface area (Å²) in [5, 5.41) is 9.17. The number of carbonyl (C=O) groups is 1. The van der Waals surface area contributed by atoms with Gasteiger partial charge in [0, 0.05) is 23.2 Å². The van der Waals surface area contributed by atoms with E-state index in [1.54, 1.807) is 29.2 Å². The molecule has 0 saturated heterocycles. The van der Waals surface area contributed by atoms with Crippen molar-refractivity contribution >= 4 is 17.5 Å². The molecule has 0 bridgehead atoms. The molecule has 0 spiro atoms. The second kappa shape index (κ2) is 5.20. The fraction of sp³-hybridized carbons (Fsp3) is 0.385. The van der Waals surface area contributed by atoms with Crippen LogP contribution in [0.5, 0.6) is 0 Å². The number of hydrogen-bond acceptors (Lipinski definition) is 2. The third-order valence-electron chi connectivity index (χ3n) is 2.78. The standard InChI is InChI=1S/C13H13ClN2O/c14-11-4-1-3-10(9-11)13(17)16(8-2-7-15)12-5-6-12/h1,3-4,9,12H,2,5-6,8H2. The Labute approximate surface area is 106 Å². The first-order valence-corrected chi connectivity index (χ1v) is 6.03. The van der Waals surface area contributed by atoms with E-state index >= 15 is 0 Å². The maximum Gasteiger partial charge on any atom is 0.254 e. The summed E-state index contributed by atoms with van der Waals surface area (Å²) in [6, 6.07) is 9.34. The van der Waals surface area contributed by atoms with Gasteiger partial charge < -0.3 is 4.90 Å².